The minimum Gasteiger partial charge on any atom is -0.378 e. The third-order valence-electron chi connectivity index (χ3n) is 3.97. The van der Waals surface area contributed by atoms with Crippen LogP contribution in [0.5, 0.6) is 0 Å². The molecule has 0 spiro atoms. The second kappa shape index (κ2) is 9.77. The van der Waals surface area contributed by atoms with E-state index >= 15 is 0 Å². The summed E-state index contributed by atoms with van der Waals surface area (Å²) < 4.78 is 65.8. The molecule has 3 aromatic rings. The second-order valence-corrected chi connectivity index (χ2v) is 7.38. The molecule has 0 unspecified atom stereocenters. The van der Waals surface area contributed by atoms with Gasteiger partial charge in [0.05, 0.1) is 11.9 Å². The highest BCUT2D eigenvalue weighted by molar-refractivity contribution is 7.15. The van der Waals surface area contributed by atoms with Crippen LogP contribution in [0.4, 0.5) is 32.9 Å². The van der Waals surface area contributed by atoms with Gasteiger partial charge in [-0.05, 0) is 12.1 Å². The molecule has 0 fully saturated rings. The Balaban J connectivity index is 1.79. The molecule has 0 aliphatic carbocycles. The SMILES string of the molecule is CC(=O)/C(=C/C(=N)c1ncc(F)c(Nc2nnc(C(F)(F)F)s2)n1)NCc1ccccc1F. The predicted molar refractivity (Wildman–Crippen MR) is 109 cm³/mol. The van der Waals surface area contributed by atoms with Crippen LogP contribution in [0.15, 0.2) is 42.2 Å². The van der Waals surface area contributed by atoms with Crippen molar-refractivity contribution in [3.63, 3.8) is 0 Å². The average molecular weight is 483 g/mol. The Morgan fingerprint density at radius 3 is 2.55 bits per heavy atom. The van der Waals surface area contributed by atoms with E-state index in [0.717, 1.165) is 6.08 Å². The van der Waals surface area contributed by atoms with Gasteiger partial charge in [0.1, 0.15) is 11.5 Å². The van der Waals surface area contributed by atoms with Crippen molar-refractivity contribution in [2.24, 2.45) is 0 Å². The van der Waals surface area contributed by atoms with Gasteiger partial charge in [-0.25, -0.2) is 18.7 Å². The number of allylic oxidation sites excluding steroid dienone is 2. The molecule has 172 valence electrons. The largest absolute Gasteiger partial charge is 0.445 e. The molecule has 0 radical (unpaired) electrons. The number of anilines is 2. The number of carbonyl (C=O) groups is 1. The number of hydrogen-bond acceptors (Lipinski definition) is 9. The molecule has 0 aliphatic heterocycles. The molecule has 3 rings (SSSR count). The van der Waals surface area contributed by atoms with E-state index in [-0.39, 0.29) is 40.1 Å². The van der Waals surface area contributed by atoms with E-state index < -0.39 is 40.1 Å². The number of Topliss-reactive ketones (excluding diaryl/α,β-unsaturated/α-hetero) is 1. The maximum Gasteiger partial charge on any atom is 0.445 e. The molecular weight excluding hydrogens is 469 g/mol. The average Bonchev–Trinajstić information content (AvgIpc) is 3.22. The van der Waals surface area contributed by atoms with E-state index in [0.29, 0.717) is 6.20 Å². The number of nitrogens with zero attached hydrogens (tertiary/aromatic N) is 4. The van der Waals surface area contributed by atoms with Crippen molar-refractivity contribution in [3.8, 4) is 0 Å². The quantitative estimate of drug-likeness (QED) is 0.252. The van der Waals surface area contributed by atoms with Crippen LogP contribution < -0.4 is 10.6 Å². The van der Waals surface area contributed by atoms with E-state index in [1.807, 2.05) is 0 Å². The number of benzene rings is 1. The zero-order chi connectivity index (χ0) is 24.2. The zero-order valence-electron chi connectivity index (χ0n) is 16.7. The summed E-state index contributed by atoms with van der Waals surface area (Å²) in [6.45, 7) is 1.18. The molecule has 0 amide bonds. The van der Waals surface area contributed by atoms with E-state index in [2.05, 4.69) is 30.8 Å². The number of nitrogens with one attached hydrogen (secondary N) is 3. The van der Waals surface area contributed by atoms with Gasteiger partial charge in [-0.3, -0.25) is 10.2 Å². The summed E-state index contributed by atoms with van der Waals surface area (Å²) in [5, 5.41) is 17.8. The molecule has 0 bridgehead atoms. The summed E-state index contributed by atoms with van der Waals surface area (Å²) in [5.41, 5.74) is -0.168. The number of hydrogen-bond donors (Lipinski definition) is 3. The highest BCUT2D eigenvalue weighted by Crippen LogP contribution is 2.33. The van der Waals surface area contributed by atoms with Gasteiger partial charge in [-0.15, -0.1) is 10.2 Å². The Bertz CT molecular complexity index is 1230. The number of halogens is 5. The van der Waals surface area contributed by atoms with Crippen LogP contribution in [0.25, 0.3) is 0 Å². The van der Waals surface area contributed by atoms with Gasteiger partial charge >= 0.3 is 6.18 Å². The monoisotopic (exact) mass is 483 g/mol. The Hall–Kier alpha value is -3.81. The Morgan fingerprint density at radius 1 is 1.18 bits per heavy atom. The summed E-state index contributed by atoms with van der Waals surface area (Å²) in [6, 6.07) is 5.91. The van der Waals surface area contributed by atoms with Gasteiger partial charge in [0.15, 0.2) is 23.2 Å². The summed E-state index contributed by atoms with van der Waals surface area (Å²) in [4.78, 5) is 19.4. The number of rotatable bonds is 8. The Labute approximate surface area is 187 Å². The first-order valence-electron chi connectivity index (χ1n) is 9.03. The number of ketones is 1. The van der Waals surface area contributed by atoms with Crippen molar-refractivity contribution in [2.45, 2.75) is 19.6 Å². The molecule has 0 saturated heterocycles. The zero-order valence-corrected chi connectivity index (χ0v) is 17.5. The molecule has 1 aromatic carbocycles. The molecule has 0 aliphatic rings. The molecule has 0 atom stereocenters. The molecule has 33 heavy (non-hydrogen) atoms. The van der Waals surface area contributed by atoms with Gasteiger partial charge in [0.2, 0.25) is 10.1 Å². The molecule has 2 aromatic heterocycles. The van der Waals surface area contributed by atoms with Crippen LogP contribution in [-0.2, 0) is 17.5 Å². The van der Waals surface area contributed by atoms with Crippen molar-refractivity contribution in [1.29, 1.82) is 5.41 Å². The van der Waals surface area contributed by atoms with Crippen LogP contribution in [0.1, 0.15) is 23.3 Å². The second-order valence-electron chi connectivity index (χ2n) is 6.40. The van der Waals surface area contributed by atoms with E-state index in [1.54, 1.807) is 6.07 Å². The first kappa shape index (κ1) is 23.8. The topological polar surface area (TPSA) is 117 Å². The van der Waals surface area contributed by atoms with Gasteiger partial charge in [-0.2, -0.15) is 13.2 Å². The fourth-order valence-corrected chi connectivity index (χ4v) is 3.00. The number of alkyl halides is 3. The maximum absolute atomic E-state index is 14.1. The summed E-state index contributed by atoms with van der Waals surface area (Å²) in [7, 11) is 0. The van der Waals surface area contributed by atoms with Crippen LogP contribution >= 0.6 is 11.3 Å². The predicted octanol–water partition coefficient (Wildman–Crippen LogP) is 4.00. The van der Waals surface area contributed by atoms with Crippen molar-refractivity contribution in [1.82, 2.24) is 25.5 Å². The maximum atomic E-state index is 14.1. The van der Waals surface area contributed by atoms with Gasteiger partial charge < -0.3 is 10.6 Å². The summed E-state index contributed by atoms with van der Waals surface area (Å²) in [6.07, 6.45) is -2.93. The first-order valence-corrected chi connectivity index (χ1v) is 9.85. The first-order chi connectivity index (χ1) is 15.5. The lowest BCUT2D eigenvalue weighted by molar-refractivity contribution is -0.138. The lowest BCUT2D eigenvalue weighted by atomic mass is 10.2. The highest BCUT2D eigenvalue weighted by Gasteiger charge is 2.35. The van der Waals surface area contributed by atoms with Crippen molar-refractivity contribution < 1.29 is 26.7 Å². The van der Waals surface area contributed by atoms with E-state index in [4.69, 9.17) is 5.41 Å². The highest BCUT2D eigenvalue weighted by atomic mass is 32.1. The third kappa shape index (κ3) is 6.12. The summed E-state index contributed by atoms with van der Waals surface area (Å²) in [5.74, 6) is -2.82. The molecule has 8 nitrogen and oxygen atoms in total. The molecule has 0 saturated carbocycles. The van der Waals surface area contributed by atoms with Crippen LogP contribution in [-0.4, -0.2) is 31.7 Å². The van der Waals surface area contributed by atoms with Crippen molar-refractivity contribution >= 4 is 33.8 Å². The Kier molecular flexibility index (Phi) is 7.06. The van der Waals surface area contributed by atoms with Crippen molar-refractivity contribution in [3.05, 3.63) is 70.3 Å². The lowest BCUT2D eigenvalue weighted by Gasteiger charge is -2.10. The lowest BCUT2D eigenvalue weighted by Crippen LogP contribution is -2.21. The molecular formula is C19H14F5N7OS. The van der Waals surface area contributed by atoms with Crippen molar-refractivity contribution in [2.75, 3.05) is 5.32 Å². The van der Waals surface area contributed by atoms with E-state index in [1.165, 1.54) is 25.1 Å². The minimum atomic E-state index is -4.71. The standard InChI is InChI=1S/C19H14F5N7OS/c1-9(32)14(26-7-10-4-2-3-5-11(10)20)6-13(25)16-27-8-12(21)15(28-16)29-18-31-30-17(33-18)19(22,23)24/h2-6,8,25-26H,7H2,1H3,(H,27,28,29,31)/b14-6-,25-13?. The fraction of sp³-hybridized carbons (Fsp3) is 0.158. The third-order valence-corrected chi connectivity index (χ3v) is 4.86. The normalized spacial score (nSPS) is 11.9. The van der Waals surface area contributed by atoms with Crippen LogP contribution in [0, 0.1) is 17.0 Å². The number of aromatic nitrogens is 4. The molecule has 2 heterocycles. The molecule has 14 heteroatoms. The molecule has 3 N–H and O–H groups in total. The smallest absolute Gasteiger partial charge is 0.378 e. The summed E-state index contributed by atoms with van der Waals surface area (Å²) >= 11 is 0.142. The van der Waals surface area contributed by atoms with Crippen LogP contribution in [0.3, 0.4) is 0 Å². The van der Waals surface area contributed by atoms with Crippen LogP contribution in [0.2, 0.25) is 0 Å². The Morgan fingerprint density at radius 2 is 1.91 bits per heavy atom. The van der Waals surface area contributed by atoms with Gasteiger partial charge in [0, 0.05) is 19.0 Å². The number of carbonyl (C=O) groups excluding carboxylic acids is 1. The van der Waals surface area contributed by atoms with Gasteiger partial charge in [-0.1, -0.05) is 29.5 Å². The fourth-order valence-electron chi connectivity index (χ4n) is 2.39. The van der Waals surface area contributed by atoms with E-state index in [9.17, 15) is 26.7 Å². The van der Waals surface area contributed by atoms with Gasteiger partial charge in [0.25, 0.3) is 0 Å². The minimum absolute atomic E-state index is 0.0406.